The van der Waals surface area contributed by atoms with Gasteiger partial charge in [-0.05, 0) is 30.2 Å². The van der Waals surface area contributed by atoms with Gasteiger partial charge >= 0.3 is 5.97 Å². The summed E-state index contributed by atoms with van der Waals surface area (Å²) in [4.78, 5) is 11.1. The van der Waals surface area contributed by atoms with Crippen molar-refractivity contribution in [1.82, 2.24) is 0 Å². The Kier molecular flexibility index (Phi) is 3.96. The van der Waals surface area contributed by atoms with Crippen LogP contribution in [-0.4, -0.2) is 13.1 Å². The summed E-state index contributed by atoms with van der Waals surface area (Å²) in [6.45, 7) is 1.91. The second kappa shape index (κ2) is 4.80. The fourth-order valence-electron chi connectivity index (χ4n) is 1.13. The fraction of sp³-hybridized carbons (Fsp3) is 0.300. The zero-order chi connectivity index (χ0) is 10.7. The zero-order valence-corrected chi connectivity index (χ0v) is 10.3. The Labute approximate surface area is 96.3 Å². The van der Waals surface area contributed by atoms with Crippen molar-refractivity contribution in [3.05, 3.63) is 32.8 Å². The number of methoxy groups -OCH3 is 1. The molecule has 1 rings (SSSR count). The Bertz CT molecular complexity index is 363. The summed E-state index contributed by atoms with van der Waals surface area (Å²) in [5.74, 6) is -0.284. The molecule has 2 nitrogen and oxygen atoms in total. The highest BCUT2D eigenvalue weighted by Gasteiger charge is 2.11. The number of esters is 1. The molecule has 0 aliphatic carbocycles. The highest BCUT2D eigenvalue weighted by molar-refractivity contribution is 9.10. The molecule has 0 unspecified atom stereocenters. The zero-order valence-electron chi connectivity index (χ0n) is 7.93. The molecule has 0 fully saturated rings. The highest BCUT2D eigenvalue weighted by atomic mass is 79.9. The maximum atomic E-state index is 11.1. The van der Waals surface area contributed by atoms with Crippen LogP contribution in [0.25, 0.3) is 0 Å². The third-order valence-electron chi connectivity index (χ3n) is 2.02. The van der Waals surface area contributed by atoms with Crippen molar-refractivity contribution in [3.63, 3.8) is 0 Å². The van der Waals surface area contributed by atoms with Crippen molar-refractivity contribution >= 4 is 33.5 Å². The van der Waals surface area contributed by atoms with Gasteiger partial charge in [0, 0.05) is 9.50 Å². The summed E-state index contributed by atoms with van der Waals surface area (Å²) in [7, 11) is 1.36. The monoisotopic (exact) mass is 276 g/mol. The summed E-state index contributed by atoms with van der Waals surface area (Å²) < 4.78 is 5.54. The van der Waals surface area contributed by atoms with Crippen molar-refractivity contribution in [2.75, 3.05) is 7.11 Å². The number of ether oxygens (including phenoxy) is 1. The van der Waals surface area contributed by atoms with Gasteiger partial charge in [0.2, 0.25) is 0 Å². The van der Waals surface area contributed by atoms with Crippen LogP contribution in [0.2, 0.25) is 5.02 Å². The van der Waals surface area contributed by atoms with E-state index in [0.717, 1.165) is 15.6 Å². The number of carbonyl (C=O) groups excluding carboxylic acids is 1. The van der Waals surface area contributed by atoms with Gasteiger partial charge in [-0.1, -0.05) is 27.5 Å². The third-order valence-corrected chi connectivity index (χ3v) is 3.24. The Balaban J connectivity index is 3.06. The quantitative estimate of drug-likeness (QED) is 0.776. The summed E-state index contributed by atoms with van der Waals surface area (Å²) in [5, 5.41) is 0.594. The predicted molar refractivity (Wildman–Crippen MR) is 59.6 cm³/mol. The molecular formula is C10H10BrClO2. The molecule has 0 saturated carbocycles. The molecule has 0 aliphatic rings. The molecule has 0 aromatic heterocycles. The average molecular weight is 278 g/mol. The van der Waals surface area contributed by atoms with E-state index >= 15 is 0 Å². The van der Waals surface area contributed by atoms with Crippen LogP contribution >= 0.6 is 27.5 Å². The lowest BCUT2D eigenvalue weighted by molar-refractivity contribution is -0.139. The Hall–Kier alpha value is -0.540. The molecule has 1 aromatic carbocycles. The van der Waals surface area contributed by atoms with Gasteiger partial charge in [-0.2, -0.15) is 0 Å². The van der Waals surface area contributed by atoms with Crippen molar-refractivity contribution < 1.29 is 9.53 Å². The number of hydrogen-bond acceptors (Lipinski definition) is 2. The van der Waals surface area contributed by atoms with E-state index in [1.807, 2.05) is 13.0 Å². The third kappa shape index (κ3) is 2.49. The lowest BCUT2D eigenvalue weighted by atomic mass is 10.1. The molecule has 76 valence electrons. The largest absolute Gasteiger partial charge is 0.469 e. The number of rotatable bonds is 2. The van der Waals surface area contributed by atoms with Gasteiger partial charge < -0.3 is 4.74 Å². The normalized spacial score (nSPS) is 10.0. The molecule has 0 aliphatic heterocycles. The lowest BCUT2D eigenvalue weighted by Crippen LogP contribution is -2.06. The first-order valence-electron chi connectivity index (χ1n) is 4.06. The number of halogens is 2. The summed E-state index contributed by atoms with van der Waals surface area (Å²) in [6.07, 6.45) is 0.209. The second-order valence-corrected chi connectivity index (χ2v) is 4.15. The second-order valence-electron chi connectivity index (χ2n) is 2.89. The smallest absolute Gasteiger partial charge is 0.310 e. The van der Waals surface area contributed by atoms with Crippen molar-refractivity contribution in [1.29, 1.82) is 0 Å². The van der Waals surface area contributed by atoms with Crippen LogP contribution < -0.4 is 0 Å². The predicted octanol–water partition coefficient (Wildman–Crippen LogP) is 3.13. The van der Waals surface area contributed by atoms with Crippen molar-refractivity contribution in [3.8, 4) is 0 Å². The molecule has 0 saturated heterocycles. The molecule has 1 aromatic rings. The maximum absolute atomic E-state index is 11.1. The molecule has 0 atom stereocenters. The number of benzene rings is 1. The van der Waals surface area contributed by atoms with Gasteiger partial charge in [0.15, 0.2) is 0 Å². The van der Waals surface area contributed by atoms with Crippen molar-refractivity contribution in [2.24, 2.45) is 0 Å². The van der Waals surface area contributed by atoms with Crippen LogP contribution in [-0.2, 0) is 16.0 Å². The molecule has 4 heteroatoms. The van der Waals surface area contributed by atoms with E-state index < -0.39 is 0 Å². The van der Waals surface area contributed by atoms with E-state index in [9.17, 15) is 4.79 Å². The van der Waals surface area contributed by atoms with Gasteiger partial charge in [0.05, 0.1) is 13.5 Å². The fourth-order valence-corrected chi connectivity index (χ4v) is 1.77. The number of hydrogen-bond donors (Lipinski definition) is 0. The first-order chi connectivity index (χ1) is 6.56. The average Bonchev–Trinajstić information content (AvgIpc) is 2.18. The Morgan fingerprint density at radius 2 is 2.21 bits per heavy atom. The highest BCUT2D eigenvalue weighted by Crippen LogP contribution is 2.27. The first-order valence-corrected chi connectivity index (χ1v) is 5.23. The van der Waals surface area contributed by atoms with Gasteiger partial charge in [-0.25, -0.2) is 0 Å². The molecular weight excluding hydrogens is 267 g/mol. The van der Waals surface area contributed by atoms with Crippen LogP contribution in [0, 0.1) is 6.92 Å². The Morgan fingerprint density at radius 3 is 2.79 bits per heavy atom. The molecule has 0 N–H and O–H groups in total. The van der Waals surface area contributed by atoms with E-state index in [-0.39, 0.29) is 12.4 Å². The van der Waals surface area contributed by atoms with Crippen LogP contribution in [0.4, 0.5) is 0 Å². The topological polar surface area (TPSA) is 26.3 Å². The van der Waals surface area contributed by atoms with E-state index in [1.165, 1.54) is 7.11 Å². The minimum absolute atomic E-state index is 0.209. The van der Waals surface area contributed by atoms with Crippen LogP contribution in [0.1, 0.15) is 11.1 Å². The SMILES string of the molecule is COC(=O)Cc1c(Cl)ccc(Br)c1C. The van der Waals surface area contributed by atoms with E-state index in [2.05, 4.69) is 20.7 Å². The van der Waals surface area contributed by atoms with Crippen LogP contribution in [0.3, 0.4) is 0 Å². The minimum Gasteiger partial charge on any atom is -0.469 e. The molecule has 0 heterocycles. The van der Waals surface area contributed by atoms with Gasteiger partial charge in [0.1, 0.15) is 0 Å². The maximum Gasteiger partial charge on any atom is 0.310 e. The molecule has 0 amide bonds. The van der Waals surface area contributed by atoms with Gasteiger partial charge in [-0.3, -0.25) is 4.79 Å². The number of carbonyl (C=O) groups is 1. The van der Waals surface area contributed by atoms with E-state index in [1.54, 1.807) is 6.07 Å². The van der Waals surface area contributed by atoms with Crippen LogP contribution in [0.15, 0.2) is 16.6 Å². The standard InChI is InChI=1S/C10H10BrClO2/c1-6-7(5-10(13)14-2)9(12)4-3-8(6)11/h3-4H,5H2,1-2H3. The lowest BCUT2D eigenvalue weighted by Gasteiger charge is -2.08. The molecule has 0 spiro atoms. The molecule has 0 bridgehead atoms. The molecule has 14 heavy (non-hydrogen) atoms. The van der Waals surface area contributed by atoms with Crippen molar-refractivity contribution in [2.45, 2.75) is 13.3 Å². The van der Waals surface area contributed by atoms with Gasteiger partial charge in [-0.15, -0.1) is 0 Å². The summed E-state index contributed by atoms with van der Waals surface area (Å²) in [6, 6.07) is 3.62. The van der Waals surface area contributed by atoms with Gasteiger partial charge in [0.25, 0.3) is 0 Å². The van der Waals surface area contributed by atoms with E-state index in [0.29, 0.717) is 5.02 Å². The van der Waals surface area contributed by atoms with Crippen LogP contribution in [0.5, 0.6) is 0 Å². The summed E-state index contributed by atoms with van der Waals surface area (Å²) in [5.41, 5.74) is 1.79. The Morgan fingerprint density at radius 1 is 1.57 bits per heavy atom. The summed E-state index contributed by atoms with van der Waals surface area (Å²) >= 11 is 9.36. The molecule has 0 radical (unpaired) electrons. The first kappa shape index (κ1) is 11.5. The minimum atomic E-state index is -0.284. The van der Waals surface area contributed by atoms with E-state index in [4.69, 9.17) is 11.6 Å².